The quantitative estimate of drug-likeness (QED) is 0.594. The number of hydrogen-bond donors (Lipinski definition) is 4. The first-order chi connectivity index (χ1) is 11.3. The molecule has 0 unspecified atom stereocenters. The molecular weight excluding hydrogens is 395 g/mol. The fourth-order valence-electron chi connectivity index (χ4n) is 1.17. The Kier molecular flexibility index (Phi) is 24.6. The van der Waals surface area contributed by atoms with Crippen molar-refractivity contribution in [3.05, 3.63) is 71.8 Å². The van der Waals surface area contributed by atoms with Crippen LogP contribution in [0.3, 0.4) is 0 Å². The van der Waals surface area contributed by atoms with E-state index in [-0.39, 0.29) is 51.6 Å². The molecule has 0 aliphatic rings. The zero-order valence-electron chi connectivity index (χ0n) is 15.6. The van der Waals surface area contributed by atoms with E-state index in [0.29, 0.717) is 0 Å². The van der Waals surface area contributed by atoms with E-state index >= 15 is 0 Å². The first kappa shape index (κ1) is 28.9. The van der Waals surface area contributed by atoms with Crippen LogP contribution in [0.25, 0.3) is 0 Å². The van der Waals surface area contributed by atoms with Crippen molar-refractivity contribution < 1.29 is 46.6 Å². The van der Waals surface area contributed by atoms with Crippen molar-refractivity contribution in [2.45, 2.75) is 53.1 Å². The Balaban J connectivity index is -0.000000270. The molecule has 0 aliphatic heterocycles. The topological polar surface area (TPSA) is 80.9 Å². The standard InChI is InChI=1S/2C7H8O.2C3H8O.Zr/c2*8-6-7-4-2-1-3-5-7;2*1-3(2)4;/h2*1-5,8H,6H2;2*3-4H,1-2H3;. The fraction of sp³-hybridized carbons (Fsp3) is 0.400. The molecule has 0 spiro atoms. The molecule has 0 aliphatic carbocycles. The fourth-order valence-corrected chi connectivity index (χ4v) is 1.17. The molecule has 0 heterocycles. The molecule has 0 amide bonds. The van der Waals surface area contributed by atoms with E-state index in [1.165, 1.54) is 0 Å². The summed E-state index contributed by atoms with van der Waals surface area (Å²) in [5, 5.41) is 33.2. The molecule has 0 aromatic heterocycles. The maximum Gasteiger partial charge on any atom is 0.0681 e. The Labute approximate surface area is 171 Å². The molecule has 0 saturated heterocycles. The van der Waals surface area contributed by atoms with E-state index in [0.717, 1.165) is 11.1 Å². The van der Waals surface area contributed by atoms with Crippen LogP contribution in [0.2, 0.25) is 0 Å². The van der Waals surface area contributed by atoms with Gasteiger partial charge in [-0.25, -0.2) is 0 Å². The Morgan fingerprint density at radius 2 is 0.800 bits per heavy atom. The van der Waals surface area contributed by atoms with Gasteiger partial charge in [0.2, 0.25) is 0 Å². The van der Waals surface area contributed by atoms with Crippen LogP contribution in [0.4, 0.5) is 0 Å². The molecule has 0 fully saturated rings. The van der Waals surface area contributed by atoms with Gasteiger partial charge in [0, 0.05) is 38.4 Å². The van der Waals surface area contributed by atoms with Crippen LogP contribution in [0.1, 0.15) is 38.8 Å². The Hall–Kier alpha value is -0.837. The molecule has 0 radical (unpaired) electrons. The Morgan fingerprint density at radius 1 is 0.600 bits per heavy atom. The third-order valence-electron chi connectivity index (χ3n) is 2.05. The minimum absolute atomic E-state index is 0. The van der Waals surface area contributed by atoms with Crippen molar-refractivity contribution in [2.75, 3.05) is 0 Å². The third-order valence-corrected chi connectivity index (χ3v) is 2.05. The molecule has 4 N–H and O–H groups in total. The van der Waals surface area contributed by atoms with Crippen molar-refractivity contribution >= 4 is 0 Å². The summed E-state index contributed by atoms with van der Waals surface area (Å²) in [6, 6.07) is 19.0. The first-order valence-corrected chi connectivity index (χ1v) is 7.99. The van der Waals surface area contributed by atoms with Gasteiger partial charge in [-0.15, -0.1) is 0 Å². The van der Waals surface area contributed by atoms with Crippen LogP contribution < -0.4 is 0 Å². The Bertz CT molecular complexity index is 411. The molecule has 0 bridgehead atoms. The summed E-state index contributed by atoms with van der Waals surface area (Å²) in [6.45, 7) is 7.17. The van der Waals surface area contributed by atoms with Crippen LogP contribution in [-0.2, 0) is 39.4 Å². The van der Waals surface area contributed by atoms with Crippen LogP contribution in [0, 0.1) is 0 Å². The number of benzene rings is 2. The molecule has 0 saturated carbocycles. The molecule has 4 nitrogen and oxygen atoms in total. The summed E-state index contributed by atoms with van der Waals surface area (Å²) in [5.41, 5.74) is 1.93. The predicted octanol–water partition coefficient (Wildman–Crippen LogP) is 3.13. The Morgan fingerprint density at radius 3 is 0.920 bits per heavy atom. The minimum atomic E-state index is -0.167. The molecule has 25 heavy (non-hydrogen) atoms. The van der Waals surface area contributed by atoms with Crippen LogP contribution in [-0.4, -0.2) is 32.6 Å². The van der Waals surface area contributed by atoms with Gasteiger partial charge in [0.15, 0.2) is 0 Å². The zero-order valence-corrected chi connectivity index (χ0v) is 18.1. The van der Waals surface area contributed by atoms with Gasteiger partial charge in [0.25, 0.3) is 0 Å². The smallest absolute Gasteiger partial charge is 0.0681 e. The number of aliphatic hydroxyl groups is 4. The zero-order chi connectivity index (χ0) is 18.8. The average Bonchev–Trinajstić information content (AvgIpc) is 2.56. The molecule has 2 rings (SSSR count). The molecule has 140 valence electrons. The van der Waals surface area contributed by atoms with E-state index < -0.39 is 0 Å². The summed E-state index contributed by atoms with van der Waals surface area (Å²) in [4.78, 5) is 0. The normalized spacial score (nSPS) is 8.72. The number of aliphatic hydroxyl groups excluding tert-OH is 4. The SMILES string of the molecule is CC(C)O.CC(C)O.OCc1ccccc1.OCc1ccccc1.[Zr]. The third kappa shape index (κ3) is 28.3. The molecule has 5 heteroatoms. The van der Waals surface area contributed by atoms with Gasteiger partial charge in [-0.05, 0) is 38.8 Å². The summed E-state index contributed by atoms with van der Waals surface area (Å²) in [6.07, 6.45) is -0.333. The predicted molar refractivity (Wildman–Crippen MR) is 99.4 cm³/mol. The summed E-state index contributed by atoms with van der Waals surface area (Å²) in [5.74, 6) is 0. The first-order valence-electron chi connectivity index (χ1n) is 7.99. The molecule has 2 aromatic rings. The summed E-state index contributed by atoms with van der Waals surface area (Å²) < 4.78 is 0. The number of rotatable bonds is 2. The summed E-state index contributed by atoms with van der Waals surface area (Å²) in [7, 11) is 0. The maximum absolute atomic E-state index is 8.54. The van der Waals surface area contributed by atoms with Gasteiger partial charge >= 0.3 is 0 Å². The van der Waals surface area contributed by atoms with Gasteiger partial charge in [-0.3, -0.25) is 0 Å². The van der Waals surface area contributed by atoms with Crippen molar-refractivity contribution in [3.8, 4) is 0 Å². The molecule has 0 atom stereocenters. The van der Waals surface area contributed by atoms with E-state index in [1.54, 1.807) is 27.7 Å². The largest absolute Gasteiger partial charge is 0.394 e. The second-order valence-corrected chi connectivity index (χ2v) is 5.47. The van der Waals surface area contributed by atoms with E-state index in [4.69, 9.17) is 20.4 Å². The van der Waals surface area contributed by atoms with Crippen molar-refractivity contribution in [1.82, 2.24) is 0 Å². The van der Waals surface area contributed by atoms with E-state index in [2.05, 4.69) is 0 Å². The van der Waals surface area contributed by atoms with Crippen molar-refractivity contribution in [3.63, 3.8) is 0 Å². The number of hydrogen-bond acceptors (Lipinski definition) is 4. The van der Waals surface area contributed by atoms with Crippen LogP contribution >= 0.6 is 0 Å². The van der Waals surface area contributed by atoms with Gasteiger partial charge in [0.05, 0.1) is 13.2 Å². The van der Waals surface area contributed by atoms with Crippen LogP contribution in [0.15, 0.2) is 60.7 Å². The molecule has 2 aromatic carbocycles. The second kappa shape index (κ2) is 21.2. The van der Waals surface area contributed by atoms with Crippen molar-refractivity contribution in [2.24, 2.45) is 0 Å². The monoisotopic (exact) mass is 426 g/mol. The van der Waals surface area contributed by atoms with Gasteiger partial charge in [-0.2, -0.15) is 0 Å². The van der Waals surface area contributed by atoms with Gasteiger partial charge in [0.1, 0.15) is 0 Å². The van der Waals surface area contributed by atoms with E-state index in [9.17, 15) is 0 Å². The van der Waals surface area contributed by atoms with Gasteiger partial charge < -0.3 is 20.4 Å². The van der Waals surface area contributed by atoms with E-state index in [1.807, 2.05) is 60.7 Å². The van der Waals surface area contributed by atoms with Crippen LogP contribution in [0.5, 0.6) is 0 Å². The molecular formula is C20H32O4Zr. The average molecular weight is 428 g/mol. The maximum atomic E-state index is 8.54. The van der Waals surface area contributed by atoms with Gasteiger partial charge in [-0.1, -0.05) is 60.7 Å². The van der Waals surface area contributed by atoms with Crippen molar-refractivity contribution in [1.29, 1.82) is 0 Å². The summed E-state index contributed by atoms with van der Waals surface area (Å²) >= 11 is 0. The second-order valence-electron chi connectivity index (χ2n) is 5.47. The minimum Gasteiger partial charge on any atom is -0.394 e.